The number of ether oxygens (including phenoxy) is 1. The summed E-state index contributed by atoms with van der Waals surface area (Å²) in [4.78, 5) is 10.6. The molecule has 1 atom stereocenters. The Morgan fingerprint density at radius 1 is 1.73 bits per heavy atom. The Morgan fingerprint density at radius 3 is 3.20 bits per heavy atom. The van der Waals surface area contributed by atoms with E-state index in [1.54, 1.807) is 16.8 Å². The van der Waals surface area contributed by atoms with Crippen molar-refractivity contribution in [2.45, 2.75) is 25.5 Å². The largest absolute Gasteiger partial charge is 0.376 e. The number of nitriles is 1. The molecule has 2 rings (SSSR count). The van der Waals surface area contributed by atoms with Crippen LogP contribution in [0.25, 0.3) is 0 Å². The summed E-state index contributed by atoms with van der Waals surface area (Å²) in [6.45, 7) is 1.46. The van der Waals surface area contributed by atoms with E-state index in [1.807, 2.05) is 0 Å². The van der Waals surface area contributed by atoms with Gasteiger partial charge in [-0.3, -0.25) is 4.79 Å². The van der Waals surface area contributed by atoms with E-state index in [1.165, 1.54) is 0 Å². The zero-order chi connectivity index (χ0) is 10.7. The van der Waals surface area contributed by atoms with Gasteiger partial charge in [0.05, 0.1) is 6.10 Å². The first-order chi connectivity index (χ1) is 7.33. The molecule has 0 aromatic carbocycles. The van der Waals surface area contributed by atoms with E-state index < -0.39 is 0 Å². The molecule has 1 aliphatic rings. The fourth-order valence-electron chi connectivity index (χ4n) is 1.85. The van der Waals surface area contributed by atoms with Crippen LogP contribution in [0.15, 0.2) is 12.3 Å². The molecule has 1 aromatic rings. The van der Waals surface area contributed by atoms with Gasteiger partial charge >= 0.3 is 0 Å². The Hall–Kier alpha value is -1.60. The third kappa shape index (κ3) is 2.08. The zero-order valence-electron chi connectivity index (χ0n) is 8.35. The van der Waals surface area contributed by atoms with Gasteiger partial charge in [0, 0.05) is 24.9 Å². The quantitative estimate of drug-likeness (QED) is 0.698. The highest BCUT2D eigenvalue weighted by Crippen LogP contribution is 2.16. The van der Waals surface area contributed by atoms with Crippen molar-refractivity contribution in [2.24, 2.45) is 0 Å². The molecule has 0 unspecified atom stereocenters. The molecule has 1 aromatic heterocycles. The van der Waals surface area contributed by atoms with Gasteiger partial charge in [-0.2, -0.15) is 5.26 Å². The minimum Gasteiger partial charge on any atom is -0.376 e. The van der Waals surface area contributed by atoms with Crippen molar-refractivity contribution >= 4 is 6.29 Å². The number of carbonyl (C=O) groups is 1. The molecular formula is C11H12N2O2. The molecule has 2 heterocycles. The number of carbonyl (C=O) groups excluding carboxylic acids is 1. The minimum absolute atomic E-state index is 0.184. The van der Waals surface area contributed by atoms with Gasteiger partial charge in [-0.25, -0.2) is 0 Å². The van der Waals surface area contributed by atoms with Crippen LogP contribution in [0.1, 0.15) is 28.9 Å². The third-order valence-corrected chi connectivity index (χ3v) is 2.59. The number of aromatic nitrogens is 1. The predicted molar refractivity (Wildman–Crippen MR) is 53.5 cm³/mol. The first kappa shape index (κ1) is 9.94. The number of hydrogen-bond donors (Lipinski definition) is 0. The Morgan fingerprint density at radius 2 is 2.60 bits per heavy atom. The molecule has 4 nitrogen and oxygen atoms in total. The summed E-state index contributed by atoms with van der Waals surface area (Å²) >= 11 is 0. The fourth-order valence-corrected chi connectivity index (χ4v) is 1.85. The van der Waals surface area contributed by atoms with Crippen molar-refractivity contribution in [3.8, 4) is 6.07 Å². The smallest absolute Gasteiger partial charge is 0.151 e. The number of hydrogen-bond acceptors (Lipinski definition) is 3. The fraction of sp³-hybridized carbons (Fsp3) is 0.455. The van der Waals surface area contributed by atoms with Gasteiger partial charge in [-0.1, -0.05) is 0 Å². The first-order valence-electron chi connectivity index (χ1n) is 5.00. The first-order valence-corrected chi connectivity index (χ1v) is 5.00. The summed E-state index contributed by atoms with van der Waals surface area (Å²) in [6.07, 6.45) is 4.75. The average Bonchev–Trinajstić information content (AvgIpc) is 2.87. The van der Waals surface area contributed by atoms with Crippen molar-refractivity contribution in [3.63, 3.8) is 0 Å². The second-order valence-corrected chi connectivity index (χ2v) is 3.68. The van der Waals surface area contributed by atoms with Gasteiger partial charge in [0.2, 0.25) is 0 Å². The van der Waals surface area contributed by atoms with Gasteiger partial charge in [0.25, 0.3) is 0 Å². The lowest BCUT2D eigenvalue weighted by atomic mass is 10.2. The molecule has 0 bridgehead atoms. The predicted octanol–water partition coefficient (Wildman–Crippen LogP) is 1.35. The van der Waals surface area contributed by atoms with Crippen LogP contribution in [0.5, 0.6) is 0 Å². The van der Waals surface area contributed by atoms with Crippen LogP contribution in [0.2, 0.25) is 0 Å². The summed E-state index contributed by atoms with van der Waals surface area (Å²) < 4.78 is 7.27. The van der Waals surface area contributed by atoms with Crippen LogP contribution < -0.4 is 0 Å². The van der Waals surface area contributed by atoms with Gasteiger partial charge in [0.1, 0.15) is 11.8 Å². The van der Waals surface area contributed by atoms with E-state index in [2.05, 4.69) is 6.07 Å². The third-order valence-electron chi connectivity index (χ3n) is 2.59. The lowest BCUT2D eigenvalue weighted by molar-refractivity contribution is 0.0968. The molecule has 0 aliphatic carbocycles. The van der Waals surface area contributed by atoms with Gasteiger partial charge in [-0.05, 0) is 18.9 Å². The average molecular weight is 204 g/mol. The molecule has 78 valence electrons. The lowest BCUT2D eigenvalue weighted by Gasteiger charge is -2.10. The van der Waals surface area contributed by atoms with E-state index in [-0.39, 0.29) is 6.10 Å². The van der Waals surface area contributed by atoms with Crippen molar-refractivity contribution in [1.82, 2.24) is 4.57 Å². The standard InChI is InChI=1S/C11H12N2O2/c12-5-10-4-9(8-14)6-13(10)7-11-2-1-3-15-11/h4,6,8,11H,1-3,7H2/t11-/m1/s1. The van der Waals surface area contributed by atoms with E-state index in [0.29, 0.717) is 17.8 Å². The van der Waals surface area contributed by atoms with Crippen molar-refractivity contribution in [2.75, 3.05) is 6.61 Å². The Kier molecular flexibility index (Phi) is 2.84. The van der Waals surface area contributed by atoms with Crippen LogP contribution in [-0.2, 0) is 11.3 Å². The van der Waals surface area contributed by atoms with Crippen LogP contribution in [0.3, 0.4) is 0 Å². The van der Waals surface area contributed by atoms with E-state index in [0.717, 1.165) is 25.7 Å². The van der Waals surface area contributed by atoms with Crippen LogP contribution in [-0.4, -0.2) is 23.6 Å². The van der Waals surface area contributed by atoms with E-state index in [9.17, 15) is 4.79 Å². The second-order valence-electron chi connectivity index (χ2n) is 3.68. The molecule has 0 radical (unpaired) electrons. The molecule has 1 saturated heterocycles. The van der Waals surface area contributed by atoms with Crippen LogP contribution in [0, 0.1) is 11.3 Å². The van der Waals surface area contributed by atoms with Crippen molar-refractivity contribution < 1.29 is 9.53 Å². The summed E-state index contributed by atoms with van der Waals surface area (Å²) in [5.74, 6) is 0. The van der Waals surface area contributed by atoms with Crippen molar-refractivity contribution in [3.05, 3.63) is 23.5 Å². The highest BCUT2D eigenvalue weighted by Gasteiger charge is 2.17. The summed E-state index contributed by atoms with van der Waals surface area (Å²) in [7, 11) is 0. The number of aldehydes is 1. The Bertz CT molecular complexity index is 397. The molecule has 15 heavy (non-hydrogen) atoms. The molecule has 0 amide bonds. The molecule has 1 fully saturated rings. The molecule has 4 heteroatoms. The molecule has 1 aliphatic heterocycles. The lowest BCUT2D eigenvalue weighted by Crippen LogP contribution is -2.15. The van der Waals surface area contributed by atoms with Gasteiger partial charge < -0.3 is 9.30 Å². The maximum atomic E-state index is 10.6. The minimum atomic E-state index is 0.184. The van der Waals surface area contributed by atoms with E-state index in [4.69, 9.17) is 10.00 Å². The normalized spacial score (nSPS) is 20.1. The molecule has 0 spiro atoms. The number of nitrogens with zero attached hydrogens (tertiary/aromatic N) is 2. The summed E-state index contributed by atoms with van der Waals surface area (Å²) in [6, 6.07) is 3.67. The summed E-state index contributed by atoms with van der Waals surface area (Å²) in [5.41, 5.74) is 1.07. The maximum Gasteiger partial charge on any atom is 0.151 e. The highest BCUT2D eigenvalue weighted by molar-refractivity contribution is 5.75. The van der Waals surface area contributed by atoms with Gasteiger partial charge in [0.15, 0.2) is 6.29 Å². The maximum absolute atomic E-state index is 10.6. The monoisotopic (exact) mass is 204 g/mol. The van der Waals surface area contributed by atoms with Crippen LogP contribution in [0.4, 0.5) is 0 Å². The Labute approximate surface area is 88.1 Å². The van der Waals surface area contributed by atoms with Crippen LogP contribution >= 0.6 is 0 Å². The second kappa shape index (κ2) is 4.28. The molecule has 0 N–H and O–H groups in total. The van der Waals surface area contributed by atoms with Gasteiger partial charge in [-0.15, -0.1) is 0 Å². The van der Waals surface area contributed by atoms with E-state index >= 15 is 0 Å². The molecular weight excluding hydrogens is 192 g/mol. The SMILES string of the molecule is N#Cc1cc(C=O)cn1C[C@H]1CCCO1. The number of rotatable bonds is 3. The highest BCUT2D eigenvalue weighted by atomic mass is 16.5. The Balaban J connectivity index is 2.15. The zero-order valence-corrected chi connectivity index (χ0v) is 8.35. The molecule has 0 saturated carbocycles. The van der Waals surface area contributed by atoms with Crippen molar-refractivity contribution in [1.29, 1.82) is 5.26 Å². The topological polar surface area (TPSA) is 55.0 Å². The summed E-state index contributed by atoms with van der Waals surface area (Å²) in [5, 5.41) is 8.87.